The van der Waals surface area contributed by atoms with E-state index in [9.17, 15) is 9.59 Å². The van der Waals surface area contributed by atoms with Gasteiger partial charge in [0, 0.05) is 11.8 Å². The largest absolute Gasteiger partial charge is 0.475 e. The summed E-state index contributed by atoms with van der Waals surface area (Å²) >= 11 is 0. The molecule has 5 heteroatoms. The molecule has 0 atom stereocenters. The van der Waals surface area contributed by atoms with Gasteiger partial charge in [-0.3, -0.25) is 9.78 Å². The van der Waals surface area contributed by atoms with E-state index in [1.54, 1.807) is 6.07 Å². The lowest BCUT2D eigenvalue weighted by Crippen LogP contribution is -1.91. The maximum Gasteiger partial charge on any atom is 0.371 e. The molecule has 2 aromatic rings. The van der Waals surface area contributed by atoms with Crippen LogP contribution in [0, 0.1) is 0 Å². The molecule has 2 aromatic heterocycles. The number of carbonyl (C=O) groups excluding carboxylic acids is 1. The van der Waals surface area contributed by atoms with Gasteiger partial charge >= 0.3 is 5.97 Å². The summed E-state index contributed by atoms with van der Waals surface area (Å²) in [5, 5.41) is 8.68. The summed E-state index contributed by atoms with van der Waals surface area (Å²) in [6.45, 7) is 0. The van der Waals surface area contributed by atoms with Crippen LogP contribution in [-0.2, 0) is 0 Å². The fourth-order valence-electron chi connectivity index (χ4n) is 1.25. The van der Waals surface area contributed by atoms with Crippen molar-refractivity contribution in [3.05, 3.63) is 41.8 Å². The van der Waals surface area contributed by atoms with Gasteiger partial charge in [-0.25, -0.2) is 4.79 Å². The zero-order valence-corrected chi connectivity index (χ0v) is 8.08. The molecule has 0 unspecified atom stereocenters. The van der Waals surface area contributed by atoms with Crippen molar-refractivity contribution in [1.82, 2.24) is 4.98 Å². The minimum atomic E-state index is -1.14. The predicted molar refractivity (Wildman–Crippen MR) is 54.3 cm³/mol. The Hall–Kier alpha value is -2.43. The zero-order chi connectivity index (χ0) is 11.5. The molecule has 1 N–H and O–H groups in total. The first-order valence-electron chi connectivity index (χ1n) is 4.45. The van der Waals surface area contributed by atoms with E-state index in [1.165, 1.54) is 24.4 Å². The fourth-order valence-corrected chi connectivity index (χ4v) is 1.25. The molecule has 0 amide bonds. The van der Waals surface area contributed by atoms with Crippen molar-refractivity contribution in [1.29, 1.82) is 0 Å². The Labute approximate surface area is 90.3 Å². The number of nitrogens with zero attached hydrogens (tertiary/aromatic N) is 1. The Balaban J connectivity index is 2.42. The summed E-state index contributed by atoms with van der Waals surface area (Å²) in [5.74, 6) is -0.979. The van der Waals surface area contributed by atoms with Gasteiger partial charge in [0.2, 0.25) is 5.76 Å². The monoisotopic (exact) mass is 217 g/mol. The molecule has 0 saturated heterocycles. The van der Waals surface area contributed by atoms with E-state index < -0.39 is 5.97 Å². The number of carboxylic acids is 1. The summed E-state index contributed by atoms with van der Waals surface area (Å²) in [7, 11) is 0. The standard InChI is InChI=1S/C11H7NO4/c13-6-7-3-4-12-8(5-7)9-1-2-10(16-9)11(14)15/h1-6H,(H,14,15). The third-order valence-electron chi connectivity index (χ3n) is 1.99. The fraction of sp³-hybridized carbons (Fsp3) is 0. The predicted octanol–water partition coefficient (Wildman–Crippen LogP) is 1.85. The molecule has 2 heterocycles. The van der Waals surface area contributed by atoms with Crippen molar-refractivity contribution >= 4 is 12.3 Å². The van der Waals surface area contributed by atoms with E-state index in [2.05, 4.69) is 4.98 Å². The van der Waals surface area contributed by atoms with Crippen LogP contribution in [0.25, 0.3) is 11.5 Å². The Kier molecular flexibility index (Phi) is 2.51. The van der Waals surface area contributed by atoms with E-state index in [0.29, 0.717) is 23.3 Å². The number of carbonyl (C=O) groups is 2. The molecule has 5 nitrogen and oxygen atoms in total. The SMILES string of the molecule is O=Cc1ccnc(-c2ccc(C(=O)O)o2)c1. The van der Waals surface area contributed by atoms with Crippen LogP contribution in [0.4, 0.5) is 0 Å². The third-order valence-corrected chi connectivity index (χ3v) is 1.99. The van der Waals surface area contributed by atoms with Crippen molar-refractivity contribution in [2.75, 3.05) is 0 Å². The molecule has 0 spiro atoms. The Bertz CT molecular complexity index is 544. The number of carboxylic acid groups (broad SMARTS) is 1. The van der Waals surface area contributed by atoms with Crippen LogP contribution in [0.5, 0.6) is 0 Å². The molecule has 0 radical (unpaired) electrons. The Morgan fingerprint density at radius 1 is 1.38 bits per heavy atom. The normalized spacial score (nSPS) is 10.0. The van der Waals surface area contributed by atoms with Gasteiger partial charge in [0.15, 0.2) is 5.76 Å². The van der Waals surface area contributed by atoms with Crippen molar-refractivity contribution in [2.24, 2.45) is 0 Å². The van der Waals surface area contributed by atoms with Crippen molar-refractivity contribution in [2.45, 2.75) is 0 Å². The molecular weight excluding hydrogens is 210 g/mol. The number of pyridine rings is 1. The van der Waals surface area contributed by atoms with Gasteiger partial charge in [0.1, 0.15) is 12.0 Å². The van der Waals surface area contributed by atoms with Crippen LogP contribution in [0.3, 0.4) is 0 Å². The second kappa shape index (κ2) is 3.98. The quantitative estimate of drug-likeness (QED) is 0.793. The van der Waals surface area contributed by atoms with Crippen molar-refractivity contribution in [3.63, 3.8) is 0 Å². The summed E-state index contributed by atoms with van der Waals surface area (Å²) in [5.41, 5.74) is 0.885. The molecule has 0 fully saturated rings. The van der Waals surface area contributed by atoms with E-state index in [0.717, 1.165) is 0 Å². The average Bonchev–Trinajstić information content (AvgIpc) is 2.78. The molecule has 0 aliphatic heterocycles. The van der Waals surface area contributed by atoms with Gasteiger partial charge in [-0.1, -0.05) is 0 Å². The molecule has 80 valence electrons. The zero-order valence-electron chi connectivity index (χ0n) is 8.08. The van der Waals surface area contributed by atoms with E-state index in [4.69, 9.17) is 9.52 Å². The van der Waals surface area contributed by atoms with Crippen LogP contribution < -0.4 is 0 Å². The lowest BCUT2D eigenvalue weighted by atomic mass is 10.2. The first kappa shape index (κ1) is 10.1. The number of aromatic carboxylic acids is 1. The molecule has 0 bridgehead atoms. The molecule has 0 aliphatic rings. The number of furan rings is 1. The van der Waals surface area contributed by atoms with Gasteiger partial charge in [0.25, 0.3) is 0 Å². The van der Waals surface area contributed by atoms with Gasteiger partial charge < -0.3 is 9.52 Å². The number of aldehydes is 1. The summed E-state index contributed by atoms with van der Waals surface area (Å²) < 4.78 is 5.05. The maximum atomic E-state index is 10.6. The average molecular weight is 217 g/mol. The molecule has 2 rings (SSSR count). The second-order valence-corrected chi connectivity index (χ2v) is 3.06. The molecule has 0 aliphatic carbocycles. The van der Waals surface area contributed by atoms with Crippen LogP contribution in [-0.4, -0.2) is 22.3 Å². The van der Waals surface area contributed by atoms with Gasteiger partial charge in [-0.15, -0.1) is 0 Å². The van der Waals surface area contributed by atoms with E-state index in [1.807, 2.05) is 0 Å². The van der Waals surface area contributed by atoms with E-state index >= 15 is 0 Å². The molecular formula is C11H7NO4. The highest BCUT2D eigenvalue weighted by molar-refractivity contribution is 5.85. The van der Waals surface area contributed by atoms with Crippen LogP contribution in [0.15, 0.2) is 34.9 Å². The minimum absolute atomic E-state index is 0.159. The molecule has 0 aromatic carbocycles. The highest BCUT2D eigenvalue weighted by Crippen LogP contribution is 2.20. The highest BCUT2D eigenvalue weighted by Gasteiger charge is 2.11. The van der Waals surface area contributed by atoms with Crippen molar-refractivity contribution < 1.29 is 19.1 Å². The molecule has 0 saturated carbocycles. The smallest absolute Gasteiger partial charge is 0.371 e. The number of hydrogen-bond acceptors (Lipinski definition) is 4. The first-order valence-corrected chi connectivity index (χ1v) is 4.45. The van der Waals surface area contributed by atoms with Gasteiger partial charge in [-0.05, 0) is 24.3 Å². The minimum Gasteiger partial charge on any atom is -0.475 e. The lowest BCUT2D eigenvalue weighted by molar-refractivity contribution is 0.0663. The Morgan fingerprint density at radius 2 is 2.19 bits per heavy atom. The second-order valence-electron chi connectivity index (χ2n) is 3.06. The van der Waals surface area contributed by atoms with E-state index in [-0.39, 0.29) is 5.76 Å². The number of aromatic nitrogens is 1. The van der Waals surface area contributed by atoms with Crippen molar-refractivity contribution in [3.8, 4) is 11.5 Å². The number of hydrogen-bond donors (Lipinski definition) is 1. The van der Waals surface area contributed by atoms with Crippen LogP contribution in [0.2, 0.25) is 0 Å². The molecule has 16 heavy (non-hydrogen) atoms. The van der Waals surface area contributed by atoms with Crippen LogP contribution in [0.1, 0.15) is 20.9 Å². The first-order chi connectivity index (χ1) is 7.70. The lowest BCUT2D eigenvalue weighted by Gasteiger charge is -1.96. The van der Waals surface area contributed by atoms with Gasteiger partial charge in [-0.2, -0.15) is 0 Å². The van der Waals surface area contributed by atoms with Crippen LogP contribution >= 0.6 is 0 Å². The highest BCUT2D eigenvalue weighted by atomic mass is 16.4. The Morgan fingerprint density at radius 3 is 2.81 bits per heavy atom. The summed E-state index contributed by atoms with van der Waals surface area (Å²) in [6, 6.07) is 5.92. The number of rotatable bonds is 3. The van der Waals surface area contributed by atoms with Gasteiger partial charge in [0.05, 0.1) is 0 Å². The third kappa shape index (κ3) is 1.83. The topological polar surface area (TPSA) is 80.4 Å². The maximum absolute atomic E-state index is 10.6. The summed E-state index contributed by atoms with van der Waals surface area (Å²) in [4.78, 5) is 25.1. The summed E-state index contributed by atoms with van der Waals surface area (Å²) in [6.07, 6.45) is 2.15.